The van der Waals surface area contributed by atoms with Crippen LogP contribution in [0, 0.1) is 6.92 Å². The minimum atomic E-state index is 0.563. The number of hydrogen-bond acceptors (Lipinski definition) is 7. The summed E-state index contributed by atoms with van der Waals surface area (Å²) in [5, 5.41) is 8.57. The molecule has 0 unspecified atom stereocenters. The van der Waals surface area contributed by atoms with Gasteiger partial charge in [-0.25, -0.2) is 4.98 Å². The SMILES string of the molecule is CSCc1nnc(SCc2nc(-c3ccccc3)oc2C)o1. The zero-order chi connectivity index (χ0) is 15.4. The second-order valence-electron chi connectivity index (χ2n) is 4.57. The first kappa shape index (κ1) is 15.2. The average molecular weight is 333 g/mol. The Hall–Kier alpha value is -1.73. The number of thioether (sulfide) groups is 2. The Bertz CT molecular complexity index is 740. The molecule has 0 amide bonds. The molecule has 0 aliphatic heterocycles. The molecule has 7 heteroatoms. The summed E-state index contributed by atoms with van der Waals surface area (Å²) >= 11 is 3.12. The largest absolute Gasteiger partial charge is 0.441 e. The van der Waals surface area contributed by atoms with Gasteiger partial charge in [-0.3, -0.25) is 0 Å². The molecular formula is C15H15N3O2S2. The van der Waals surface area contributed by atoms with E-state index in [1.807, 2.05) is 43.5 Å². The highest BCUT2D eigenvalue weighted by Crippen LogP contribution is 2.27. The molecule has 1 aromatic carbocycles. The molecule has 0 aliphatic carbocycles. The highest BCUT2D eigenvalue weighted by atomic mass is 32.2. The molecule has 0 spiro atoms. The van der Waals surface area contributed by atoms with Gasteiger partial charge in [0.25, 0.3) is 5.22 Å². The van der Waals surface area contributed by atoms with Crippen molar-refractivity contribution in [3.63, 3.8) is 0 Å². The summed E-state index contributed by atoms with van der Waals surface area (Å²) in [5.74, 6) is 3.48. The van der Waals surface area contributed by atoms with Crippen molar-refractivity contribution < 1.29 is 8.83 Å². The molecule has 3 rings (SSSR count). The minimum absolute atomic E-state index is 0.563. The first-order valence-electron chi connectivity index (χ1n) is 6.72. The summed E-state index contributed by atoms with van der Waals surface area (Å²) in [6.07, 6.45) is 2.00. The smallest absolute Gasteiger partial charge is 0.276 e. The number of rotatable bonds is 6. The van der Waals surface area contributed by atoms with Gasteiger partial charge in [0, 0.05) is 11.3 Å². The second-order valence-corrected chi connectivity index (χ2v) is 6.36. The van der Waals surface area contributed by atoms with Gasteiger partial charge in [0.2, 0.25) is 11.8 Å². The average Bonchev–Trinajstić information content (AvgIpc) is 3.13. The van der Waals surface area contributed by atoms with Crippen LogP contribution in [0.4, 0.5) is 0 Å². The van der Waals surface area contributed by atoms with Crippen molar-refractivity contribution >= 4 is 23.5 Å². The van der Waals surface area contributed by atoms with E-state index in [2.05, 4.69) is 15.2 Å². The van der Waals surface area contributed by atoms with E-state index >= 15 is 0 Å². The molecular weight excluding hydrogens is 318 g/mol. The second kappa shape index (κ2) is 7.02. The summed E-state index contributed by atoms with van der Waals surface area (Å²) in [4.78, 5) is 4.56. The number of benzene rings is 1. The van der Waals surface area contributed by atoms with Gasteiger partial charge in [0.1, 0.15) is 5.76 Å². The summed E-state index contributed by atoms with van der Waals surface area (Å²) in [5.41, 5.74) is 1.87. The summed E-state index contributed by atoms with van der Waals surface area (Å²) in [7, 11) is 0. The Labute approximate surface area is 136 Å². The van der Waals surface area contributed by atoms with Crippen LogP contribution in [-0.2, 0) is 11.5 Å². The van der Waals surface area contributed by atoms with E-state index in [0.717, 1.165) is 22.8 Å². The van der Waals surface area contributed by atoms with Gasteiger partial charge in [-0.05, 0) is 25.3 Å². The lowest BCUT2D eigenvalue weighted by molar-refractivity contribution is 0.426. The predicted octanol–water partition coefficient (Wildman–Crippen LogP) is 4.19. The van der Waals surface area contributed by atoms with Gasteiger partial charge in [0.15, 0.2) is 0 Å². The lowest BCUT2D eigenvalue weighted by Crippen LogP contribution is -1.84. The highest BCUT2D eigenvalue weighted by molar-refractivity contribution is 7.98. The third-order valence-corrected chi connectivity index (χ3v) is 4.33. The monoisotopic (exact) mass is 333 g/mol. The first-order chi connectivity index (χ1) is 10.8. The van der Waals surface area contributed by atoms with Crippen LogP contribution in [0.3, 0.4) is 0 Å². The molecule has 0 saturated heterocycles. The summed E-state index contributed by atoms with van der Waals surface area (Å²) < 4.78 is 11.3. The maximum Gasteiger partial charge on any atom is 0.276 e. The van der Waals surface area contributed by atoms with Crippen molar-refractivity contribution in [2.75, 3.05) is 6.26 Å². The Morgan fingerprint density at radius 3 is 2.64 bits per heavy atom. The van der Waals surface area contributed by atoms with Gasteiger partial charge in [-0.2, -0.15) is 11.8 Å². The zero-order valence-corrected chi connectivity index (χ0v) is 13.9. The van der Waals surface area contributed by atoms with Gasteiger partial charge in [-0.15, -0.1) is 10.2 Å². The van der Waals surface area contributed by atoms with E-state index in [1.165, 1.54) is 11.8 Å². The van der Waals surface area contributed by atoms with Crippen LogP contribution in [0.15, 0.2) is 44.4 Å². The molecule has 0 atom stereocenters. The van der Waals surface area contributed by atoms with Crippen LogP contribution in [0.5, 0.6) is 0 Å². The third kappa shape index (κ3) is 3.53. The van der Waals surface area contributed by atoms with Crippen molar-refractivity contribution in [3.8, 4) is 11.5 Å². The van der Waals surface area contributed by atoms with Crippen molar-refractivity contribution in [2.45, 2.75) is 23.7 Å². The van der Waals surface area contributed by atoms with Gasteiger partial charge >= 0.3 is 0 Å². The lowest BCUT2D eigenvalue weighted by atomic mass is 10.2. The molecule has 0 fully saturated rings. The number of hydrogen-bond donors (Lipinski definition) is 0. The van der Waals surface area contributed by atoms with Crippen LogP contribution in [0.25, 0.3) is 11.5 Å². The molecule has 22 heavy (non-hydrogen) atoms. The lowest BCUT2D eigenvalue weighted by Gasteiger charge is -1.93. The Morgan fingerprint density at radius 2 is 1.86 bits per heavy atom. The Kier molecular flexibility index (Phi) is 4.84. The predicted molar refractivity (Wildman–Crippen MR) is 87.8 cm³/mol. The molecule has 2 heterocycles. The normalized spacial score (nSPS) is 11.0. The summed E-state index contributed by atoms with van der Waals surface area (Å²) in [6, 6.07) is 9.87. The zero-order valence-electron chi connectivity index (χ0n) is 12.3. The maximum absolute atomic E-state index is 5.74. The number of oxazole rings is 1. The molecule has 114 valence electrons. The molecule has 0 saturated carbocycles. The molecule has 2 aromatic heterocycles. The fourth-order valence-electron chi connectivity index (χ4n) is 1.87. The topological polar surface area (TPSA) is 65.0 Å². The van der Waals surface area contributed by atoms with E-state index in [4.69, 9.17) is 8.83 Å². The Morgan fingerprint density at radius 1 is 1.05 bits per heavy atom. The van der Waals surface area contributed by atoms with Crippen molar-refractivity contribution in [2.24, 2.45) is 0 Å². The van der Waals surface area contributed by atoms with Crippen LogP contribution < -0.4 is 0 Å². The van der Waals surface area contributed by atoms with E-state index < -0.39 is 0 Å². The number of aryl methyl sites for hydroxylation is 1. The van der Waals surface area contributed by atoms with Crippen LogP contribution in [0.1, 0.15) is 17.3 Å². The molecule has 5 nitrogen and oxygen atoms in total. The van der Waals surface area contributed by atoms with Crippen LogP contribution in [0.2, 0.25) is 0 Å². The molecule has 0 aliphatic rings. The van der Waals surface area contributed by atoms with Crippen molar-refractivity contribution in [1.82, 2.24) is 15.2 Å². The van der Waals surface area contributed by atoms with Crippen LogP contribution in [-0.4, -0.2) is 21.4 Å². The maximum atomic E-state index is 5.74. The van der Waals surface area contributed by atoms with Gasteiger partial charge in [0.05, 0.1) is 11.4 Å². The quantitative estimate of drug-likeness (QED) is 0.627. The van der Waals surface area contributed by atoms with E-state index in [0.29, 0.717) is 22.8 Å². The van der Waals surface area contributed by atoms with E-state index in [9.17, 15) is 0 Å². The fourth-order valence-corrected chi connectivity index (χ4v) is 3.02. The molecule has 0 radical (unpaired) electrons. The molecule has 3 aromatic rings. The number of nitrogens with zero attached hydrogens (tertiary/aromatic N) is 3. The highest BCUT2D eigenvalue weighted by Gasteiger charge is 2.13. The molecule has 0 N–H and O–H groups in total. The minimum Gasteiger partial charge on any atom is -0.441 e. The van der Waals surface area contributed by atoms with Gasteiger partial charge < -0.3 is 8.83 Å². The number of aromatic nitrogens is 3. The first-order valence-corrected chi connectivity index (χ1v) is 9.10. The Balaban J connectivity index is 1.69. The fraction of sp³-hybridized carbons (Fsp3) is 0.267. The van der Waals surface area contributed by atoms with E-state index in [1.54, 1.807) is 11.8 Å². The van der Waals surface area contributed by atoms with Crippen molar-refractivity contribution in [3.05, 3.63) is 47.7 Å². The molecule has 0 bridgehead atoms. The van der Waals surface area contributed by atoms with Crippen molar-refractivity contribution in [1.29, 1.82) is 0 Å². The van der Waals surface area contributed by atoms with Gasteiger partial charge in [-0.1, -0.05) is 30.0 Å². The third-order valence-electron chi connectivity index (χ3n) is 2.96. The van der Waals surface area contributed by atoms with Crippen LogP contribution >= 0.6 is 23.5 Å². The van der Waals surface area contributed by atoms with E-state index in [-0.39, 0.29) is 0 Å². The summed E-state index contributed by atoms with van der Waals surface area (Å²) in [6.45, 7) is 1.92. The standard InChI is InChI=1S/C15H15N3O2S2/c1-10-12(8-22-15-18-17-13(20-15)9-21-2)16-14(19-10)11-6-4-3-5-7-11/h3-7H,8-9H2,1-2H3.